The summed E-state index contributed by atoms with van der Waals surface area (Å²) in [4.78, 5) is 19.1. The Morgan fingerprint density at radius 1 is 1.25 bits per heavy atom. The highest BCUT2D eigenvalue weighted by Crippen LogP contribution is 2.36. The molecule has 0 N–H and O–H groups in total. The lowest BCUT2D eigenvalue weighted by Gasteiger charge is -2.26. The lowest BCUT2D eigenvalue weighted by atomic mass is 10.1. The quantitative estimate of drug-likeness (QED) is 0.584. The van der Waals surface area contributed by atoms with E-state index >= 15 is 0 Å². The van der Waals surface area contributed by atoms with Gasteiger partial charge in [0.05, 0.1) is 22.6 Å². The zero-order chi connectivity index (χ0) is 19.5. The van der Waals surface area contributed by atoms with E-state index in [9.17, 15) is 4.79 Å². The summed E-state index contributed by atoms with van der Waals surface area (Å²) in [5.41, 5.74) is 2.57. The normalized spacial score (nSPS) is 14.4. The maximum atomic E-state index is 12.5. The highest BCUT2D eigenvalue weighted by atomic mass is 32.2. The lowest BCUT2D eigenvalue weighted by Crippen LogP contribution is -2.36. The van der Waals surface area contributed by atoms with Crippen molar-refractivity contribution in [2.24, 2.45) is 0 Å². The minimum Gasteiger partial charge on any atom is -0.497 e. The number of nitrogens with zero attached hydrogens (tertiary/aromatic N) is 4. The summed E-state index contributed by atoms with van der Waals surface area (Å²) in [5.74, 6) is 1.32. The van der Waals surface area contributed by atoms with E-state index < -0.39 is 0 Å². The fourth-order valence-electron chi connectivity index (χ4n) is 3.34. The van der Waals surface area contributed by atoms with Gasteiger partial charge in [0.15, 0.2) is 0 Å². The molecule has 3 heterocycles. The summed E-state index contributed by atoms with van der Waals surface area (Å²) in [6, 6.07) is 7.79. The summed E-state index contributed by atoms with van der Waals surface area (Å²) in [6.45, 7) is 3.71. The molecule has 0 radical (unpaired) electrons. The maximum absolute atomic E-state index is 12.5. The smallest absolute Gasteiger partial charge is 0.232 e. The molecule has 0 saturated carbocycles. The van der Waals surface area contributed by atoms with Crippen molar-refractivity contribution in [2.45, 2.75) is 31.2 Å². The molecule has 0 spiro atoms. The third-order valence-corrected chi connectivity index (χ3v) is 6.69. The zero-order valence-electron chi connectivity index (χ0n) is 16.0. The van der Waals surface area contributed by atoms with Gasteiger partial charge in [0, 0.05) is 18.7 Å². The van der Waals surface area contributed by atoms with Crippen LogP contribution in [0.3, 0.4) is 0 Å². The van der Waals surface area contributed by atoms with Gasteiger partial charge in [-0.15, -0.1) is 21.5 Å². The van der Waals surface area contributed by atoms with Crippen LogP contribution in [0, 0.1) is 6.92 Å². The van der Waals surface area contributed by atoms with Crippen LogP contribution in [0.15, 0.2) is 29.3 Å². The largest absolute Gasteiger partial charge is 0.497 e. The number of amides is 1. The third-order valence-electron chi connectivity index (χ3n) is 4.78. The van der Waals surface area contributed by atoms with Crippen molar-refractivity contribution in [3.63, 3.8) is 0 Å². The number of carbonyl (C=O) groups is 1. The molecule has 28 heavy (non-hydrogen) atoms. The van der Waals surface area contributed by atoms with Gasteiger partial charge in [-0.25, -0.2) is 4.98 Å². The van der Waals surface area contributed by atoms with Gasteiger partial charge in [0.25, 0.3) is 0 Å². The Balaban J connectivity index is 1.61. The zero-order valence-corrected chi connectivity index (χ0v) is 17.6. The van der Waals surface area contributed by atoms with E-state index in [1.807, 2.05) is 36.1 Å². The molecule has 0 bridgehead atoms. The lowest BCUT2D eigenvalue weighted by molar-refractivity contribution is -0.129. The first-order valence-electron chi connectivity index (χ1n) is 9.34. The van der Waals surface area contributed by atoms with Crippen molar-refractivity contribution in [1.82, 2.24) is 20.1 Å². The fraction of sp³-hybridized carbons (Fsp3) is 0.400. The predicted octanol–water partition coefficient (Wildman–Crippen LogP) is 4.17. The molecular formula is C20H22N4O2S2. The van der Waals surface area contributed by atoms with Crippen LogP contribution in [-0.4, -0.2) is 51.9 Å². The van der Waals surface area contributed by atoms with Crippen LogP contribution in [0.5, 0.6) is 5.75 Å². The molecule has 6 nitrogen and oxygen atoms in total. The average molecular weight is 415 g/mol. The number of aryl methyl sites for hydroxylation is 1. The van der Waals surface area contributed by atoms with Crippen LogP contribution in [0.4, 0.5) is 0 Å². The number of rotatable bonds is 5. The molecule has 3 aromatic rings. The van der Waals surface area contributed by atoms with E-state index in [1.165, 1.54) is 18.2 Å². The second kappa shape index (κ2) is 8.45. The van der Waals surface area contributed by atoms with Crippen LogP contribution in [0.2, 0.25) is 0 Å². The number of methoxy groups -OCH3 is 1. The predicted molar refractivity (Wildman–Crippen MR) is 113 cm³/mol. The molecule has 1 saturated heterocycles. The van der Waals surface area contributed by atoms with Crippen LogP contribution in [0.1, 0.15) is 24.3 Å². The summed E-state index contributed by atoms with van der Waals surface area (Å²) in [7, 11) is 1.65. The number of hydrogen-bond acceptors (Lipinski definition) is 7. The Bertz CT molecular complexity index is 999. The van der Waals surface area contributed by atoms with Crippen molar-refractivity contribution in [1.29, 1.82) is 0 Å². The van der Waals surface area contributed by atoms with Crippen molar-refractivity contribution in [3.8, 4) is 17.0 Å². The summed E-state index contributed by atoms with van der Waals surface area (Å²) < 4.78 is 6.33. The standard InChI is InChI=1S/C20H22N4O2S2/c1-13-21-18-19(28-13)17(14-7-6-8-15(11-14)26-2)22-23-20(18)27-12-16(25)24-9-4-3-5-10-24/h6-8,11H,3-5,9-10,12H2,1-2H3. The van der Waals surface area contributed by atoms with Crippen LogP contribution in [-0.2, 0) is 4.79 Å². The molecule has 2 aromatic heterocycles. The highest BCUT2D eigenvalue weighted by Gasteiger charge is 2.20. The second-order valence-electron chi connectivity index (χ2n) is 6.73. The number of thiazole rings is 1. The molecule has 8 heteroatoms. The Morgan fingerprint density at radius 2 is 2.07 bits per heavy atom. The molecule has 146 valence electrons. The number of benzene rings is 1. The van der Waals surface area contributed by atoms with Crippen molar-refractivity contribution < 1.29 is 9.53 Å². The van der Waals surface area contributed by atoms with Crippen molar-refractivity contribution in [3.05, 3.63) is 29.3 Å². The van der Waals surface area contributed by atoms with E-state index in [4.69, 9.17) is 4.74 Å². The number of thioether (sulfide) groups is 1. The van der Waals surface area contributed by atoms with Crippen molar-refractivity contribution in [2.75, 3.05) is 26.0 Å². The minimum atomic E-state index is 0.170. The Hall–Kier alpha value is -2.19. The van der Waals surface area contributed by atoms with Gasteiger partial charge in [-0.2, -0.15) is 0 Å². The second-order valence-corrected chi connectivity index (χ2v) is 8.89. The van der Waals surface area contributed by atoms with E-state index in [-0.39, 0.29) is 5.91 Å². The van der Waals surface area contributed by atoms with Crippen molar-refractivity contribution >= 4 is 39.2 Å². The summed E-state index contributed by atoms with van der Waals surface area (Å²) >= 11 is 3.03. The van der Waals surface area contributed by atoms with Gasteiger partial charge >= 0.3 is 0 Å². The van der Waals surface area contributed by atoms with Gasteiger partial charge in [0.1, 0.15) is 22.0 Å². The van der Waals surface area contributed by atoms with E-state index in [2.05, 4.69) is 15.2 Å². The molecule has 1 aliphatic rings. The van der Waals surface area contributed by atoms with Gasteiger partial charge in [-0.3, -0.25) is 4.79 Å². The number of hydrogen-bond donors (Lipinski definition) is 0. The molecule has 1 amide bonds. The Morgan fingerprint density at radius 3 is 2.86 bits per heavy atom. The highest BCUT2D eigenvalue weighted by molar-refractivity contribution is 8.00. The number of likely N-dealkylation sites (tertiary alicyclic amines) is 1. The number of aromatic nitrogens is 3. The van der Waals surface area contributed by atoms with Crippen LogP contribution in [0.25, 0.3) is 21.5 Å². The average Bonchev–Trinajstić information content (AvgIpc) is 3.14. The molecule has 1 fully saturated rings. The van der Waals surface area contributed by atoms with Crippen LogP contribution < -0.4 is 4.74 Å². The first-order valence-corrected chi connectivity index (χ1v) is 11.1. The maximum Gasteiger partial charge on any atom is 0.232 e. The number of ether oxygens (including phenoxy) is 1. The minimum absolute atomic E-state index is 0.170. The van der Waals surface area contributed by atoms with E-state index in [0.717, 1.165) is 63.2 Å². The van der Waals surface area contributed by atoms with Gasteiger partial charge in [0.2, 0.25) is 5.91 Å². The molecule has 0 unspecified atom stereocenters. The molecule has 1 aromatic carbocycles. The van der Waals surface area contributed by atoms with Crippen LogP contribution >= 0.6 is 23.1 Å². The molecule has 1 aliphatic heterocycles. The Kier molecular flexibility index (Phi) is 5.77. The third kappa shape index (κ3) is 3.98. The SMILES string of the molecule is COc1cccc(-c2nnc(SCC(=O)N3CCCCC3)c3nc(C)sc23)c1. The number of carbonyl (C=O) groups excluding carboxylic acids is 1. The first kappa shape index (κ1) is 19.1. The van der Waals surface area contributed by atoms with Gasteiger partial charge in [-0.1, -0.05) is 23.9 Å². The Labute approximate surface area is 172 Å². The van der Waals surface area contributed by atoms with E-state index in [1.54, 1.807) is 18.4 Å². The molecule has 0 aliphatic carbocycles. The van der Waals surface area contributed by atoms with Gasteiger partial charge < -0.3 is 9.64 Å². The fourth-order valence-corrected chi connectivity index (χ4v) is 5.16. The summed E-state index contributed by atoms with van der Waals surface area (Å²) in [5, 5.41) is 10.6. The first-order chi connectivity index (χ1) is 13.7. The molecule has 0 atom stereocenters. The molecular weight excluding hydrogens is 392 g/mol. The number of fused-ring (bicyclic) bond motifs is 1. The monoisotopic (exact) mass is 414 g/mol. The molecule has 4 rings (SSSR count). The van der Waals surface area contributed by atoms with Gasteiger partial charge in [-0.05, 0) is 38.3 Å². The van der Waals surface area contributed by atoms with E-state index in [0.29, 0.717) is 5.75 Å². The topological polar surface area (TPSA) is 68.2 Å². The summed E-state index contributed by atoms with van der Waals surface area (Å²) in [6.07, 6.45) is 3.41. The number of piperidine rings is 1.